The normalized spacial score (nSPS) is 17.2. The van der Waals surface area contributed by atoms with E-state index in [1.54, 1.807) is 12.1 Å². The summed E-state index contributed by atoms with van der Waals surface area (Å²) in [5, 5.41) is 6.17. The first-order valence-electron chi connectivity index (χ1n) is 9.56. The highest BCUT2D eigenvalue weighted by Gasteiger charge is 2.32. The molecular weight excluding hydrogens is 458 g/mol. The Morgan fingerprint density at radius 2 is 2.03 bits per heavy atom. The largest absolute Gasteiger partial charge is 0.493 e. The smallest absolute Gasteiger partial charge is 0.295 e. The number of hydrogen-bond acceptors (Lipinski definition) is 6. The molecule has 1 fully saturated rings. The Morgan fingerprint density at radius 3 is 2.75 bits per heavy atom. The van der Waals surface area contributed by atoms with Crippen molar-refractivity contribution in [2.24, 2.45) is 0 Å². The first kappa shape index (κ1) is 21.9. The zero-order valence-corrected chi connectivity index (χ0v) is 18.3. The first-order chi connectivity index (χ1) is 15.4. The minimum Gasteiger partial charge on any atom is -0.493 e. The van der Waals surface area contributed by atoms with Crippen molar-refractivity contribution in [2.75, 3.05) is 12.4 Å². The average Bonchev–Trinajstić information content (AvgIpc) is 2.77. The summed E-state index contributed by atoms with van der Waals surface area (Å²) in [6.07, 6.45) is 7.52. The van der Waals surface area contributed by atoms with Crippen LogP contribution in [0, 0.1) is 18.2 Å². The third-order valence-electron chi connectivity index (χ3n) is 5.06. The van der Waals surface area contributed by atoms with Crippen LogP contribution in [0.4, 0.5) is 15.9 Å². The molecule has 0 unspecified atom stereocenters. The Labute approximate surface area is 193 Å². The zero-order valence-electron chi connectivity index (χ0n) is 16.8. The third-order valence-corrected chi connectivity index (χ3v) is 5.84. The number of methoxy groups -OCH3 is 1. The third kappa shape index (κ3) is 4.35. The van der Waals surface area contributed by atoms with Crippen molar-refractivity contribution in [1.29, 1.82) is 0 Å². The SMILES string of the molecule is C#CC(=O)NC1CC(Oc2cc3c(Nc4ccc(Cl)c(Cl)c4F)ncnc3cc2OC)C1. The highest BCUT2D eigenvalue weighted by molar-refractivity contribution is 6.42. The Kier molecular flexibility index (Phi) is 6.21. The van der Waals surface area contributed by atoms with Gasteiger partial charge in [0.25, 0.3) is 5.91 Å². The van der Waals surface area contributed by atoms with Crippen LogP contribution in [-0.2, 0) is 4.79 Å². The van der Waals surface area contributed by atoms with Crippen LogP contribution >= 0.6 is 23.2 Å². The number of nitrogens with one attached hydrogen (secondary N) is 2. The number of rotatable bonds is 6. The van der Waals surface area contributed by atoms with E-state index >= 15 is 0 Å². The Bertz CT molecular complexity index is 1240. The number of hydrogen-bond donors (Lipinski definition) is 2. The van der Waals surface area contributed by atoms with Gasteiger partial charge >= 0.3 is 0 Å². The average molecular weight is 475 g/mol. The van der Waals surface area contributed by atoms with E-state index in [1.165, 1.54) is 25.6 Å². The van der Waals surface area contributed by atoms with Crippen molar-refractivity contribution in [3.63, 3.8) is 0 Å². The molecule has 3 aromatic rings. The highest BCUT2D eigenvalue weighted by atomic mass is 35.5. The zero-order chi connectivity index (χ0) is 22.8. The number of ether oxygens (including phenoxy) is 2. The fraction of sp³-hybridized carbons (Fsp3) is 0.227. The fourth-order valence-corrected chi connectivity index (χ4v) is 3.66. The number of benzene rings is 2. The number of aromatic nitrogens is 2. The van der Waals surface area contributed by atoms with Crippen molar-refractivity contribution in [3.05, 3.63) is 46.5 Å². The summed E-state index contributed by atoms with van der Waals surface area (Å²) in [5.74, 6) is 2.21. The molecule has 7 nitrogen and oxygen atoms in total. The van der Waals surface area contributed by atoms with Gasteiger partial charge in [-0.05, 0) is 24.1 Å². The number of carbonyl (C=O) groups is 1. The number of amides is 1. The maximum Gasteiger partial charge on any atom is 0.295 e. The van der Waals surface area contributed by atoms with Crippen molar-refractivity contribution < 1.29 is 18.7 Å². The van der Waals surface area contributed by atoms with Gasteiger partial charge < -0.3 is 20.1 Å². The van der Waals surface area contributed by atoms with Crippen LogP contribution in [0.2, 0.25) is 10.0 Å². The van der Waals surface area contributed by atoms with Gasteiger partial charge in [0.15, 0.2) is 17.3 Å². The molecule has 164 valence electrons. The molecule has 0 atom stereocenters. The molecule has 1 aliphatic rings. The van der Waals surface area contributed by atoms with E-state index < -0.39 is 11.7 Å². The minimum absolute atomic E-state index is 0.0341. The summed E-state index contributed by atoms with van der Waals surface area (Å²) in [4.78, 5) is 19.8. The number of halogens is 3. The van der Waals surface area contributed by atoms with Crippen LogP contribution in [-0.4, -0.2) is 35.1 Å². The second-order valence-corrected chi connectivity index (χ2v) is 7.90. The number of terminal acetylenes is 1. The molecule has 32 heavy (non-hydrogen) atoms. The van der Waals surface area contributed by atoms with E-state index in [9.17, 15) is 9.18 Å². The number of fused-ring (bicyclic) bond motifs is 1. The van der Waals surface area contributed by atoms with Gasteiger partial charge in [-0.3, -0.25) is 4.79 Å². The summed E-state index contributed by atoms with van der Waals surface area (Å²) in [7, 11) is 1.52. The molecule has 0 spiro atoms. The molecule has 1 aromatic heterocycles. The summed E-state index contributed by atoms with van der Waals surface area (Å²) in [6, 6.07) is 6.35. The van der Waals surface area contributed by atoms with E-state index in [0.29, 0.717) is 41.1 Å². The van der Waals surface area contributed by atoms with Crippen LogP contribution in [0.1, 0.15) is 12.8 Å². The van der Waals surface area contributed by atoms with Crippen molar-refractivity contribution in [2.45, 2.75) is 25.0 Å². The number of anilines is 2. The Hall–Kier alpha value is -3.28. The van der Waals surface area contributed by atoms with Gasteiger partial charge in [0, 0.05) is 30.3 Å². The Morgan fingerprint density at radius 1 is 1.25 bits per heavy atom. The van der Waals surface area contributed by atoms with Crippen molar-refractivity contribution in [1.82, 2.24) is 15.3 Å². The van der Waals surface area contributed by atoms with Crippen LogP contribution in [0.5, 0.6) is 11.5 Å². The number of nitrogens with zero attached hydrogens (tertiary/aromatic N) is 2. The molecule has 0 aliphatic heterocycles. The van der Waals surface area contributed by atoms with E-state index in [4.69, 9.17) is 39.1 Å². The first-order valence-corrected chi connectivity index (χ1v) is 10.3. The van der Waals surface area contributed by atoms with Crippen LogP contribution in [0.3, 0.4) is 0 Å². The Balaban J connectivity index is 1.61. The van der Waals surface area contributed by atoms with Crippen molar-refractivity contribution in [3.8, 4) is 23.8 Å². The highest BCUT2D eigenvalue weighted by Crippen LogP contribution is 2.38. The van der Waals surface area contributed by atoms with Crippen LogP contribution in [0.15, 0.2) is 30.6 Å². The monoisotopic (exact) mass is 474 g/mol. The van der Waals surface area contributed by atoms with E-state index in [2.05, 4.69) is 20.6 Å². The summed E-state index contributed by atoms with van der Waals surface area (Å²) in [5.41, 5.74) is 0.684. The van der Waals surface area contributed by atoms with Gasteiger partial charge in [0.05, 0.1) is 28.4 Å². The summed E-state index contributed by atoms with van der Waals surface area (Å²) < 4.78 is 26.0. The molecule has 0 bridgehead atoms. The standard InChI is InChI=1S/C22H17Cl2FN4O3/c1-3-19(30)28-11-6-12(7-11)32-18-8-13-16(9-17(18)31-2)26-10-27-22(13)29-15-5-4-14(23)20(24)21(15)25/h1,4-5,8-12H,6-7H2,2H3,(H,28,30)(H,26,27,29). The lowest BCUT2D eigenvalue weighted by Crippen LogP contribution is -2.48. The predicted octanol–water partition coefficient (Wildman–Crippen LogP) is 4.49. The quantitative estimate of drug-likeness (QED) is 0.404. The van der Waals surface area contributed by atoms with Gasteiger partial charge in [0.1, 0.15) is 18.2 Å². The maximum absolute atomic E-state index is 14.5. The van der Waals surface area contributed by atoms with Crippen LogP contribution in [0.25, 0.3) is 10.9 Å². The molecule has 2 N–H and O–H groups in total. The molecule has 2 aromatic carbocycles. The summed E-state index contributed by atoms with van der Waals surface area (Å²) in [6.45, 7) is 0. The molecule has 1 saturated carbocycles. The number of carbonyl (C=O) groups excluding carboxylic acids is 1. The minimum atomic E-state index is -0.689. The van der Waals surface area contributed by atoms with Gasteiger partial charge in [-0.1, -0.05) is 23.2 Å². The molecular formula is C22H17Cl2FN4O3. The van der Waals surface area contributed by atoms with Gasteiger partial charge in [-0.15, -0.1) is 6.42 Å². The lowest BCUT2D eigenvalue weighted by atomic mass is 9.89. The second kappa shape index (κ2) is 9.07. The lowest BCUT2D eigenvalue weighted by molar-refractivity contribution is -0.117. The van der Waals surface area contributed by atoms with E-state index in [-0.39, 0.29) is 27.9 Å². The van der Waals surface area contributed by atoms with E-state index in [1.807, 2.05) is 5.92 Å². The molecule has 0 saturated heterocycles. The second-order valence-electron chi connectivity index (χ2n) is 7.12. The molecule has 0 radical (unpaired) electrons. The fourth-order valence-electron chi connectivity index (χ4n) is 3.35. The van der Waals surface area contributed by atoms with Crippen LogP contribution < -0.4 is 20.1 Å². The van der Waals surface area contributed by atoms with Gasteiger partial charge in [-0.2, -0.15) is 0 Å². The topological polar surface area (TPSA) is 85.4 Å². The van der Waals surface area contributed by atoms with Gasteiger partial charge in [0.2, 0.25) is 0 Å². The molecule has 1 amide bonds. The summed E-state index contributed by atoms with van der Waals surface area (Å²) >= 11 is 11.8. The maximum atomic E-state index is 14.5. The van der Waals surface area contributed by atoms with E-state index in [0.717, 1.165) is 0 Å². The van der Waals surface area contributed by atoms with Crippen molar-refractivity contribution >= 4 is 51.5 Å². The molecule has 1 heterocycles. The molecule has 1 aliphatic carbocycles. The molecule has 10 heteroatoms. The van der Waals surface area contributed by atoms with Gasteiger partial charge in [-0.25, -0.2) is 14.4 Å². The predicted molar refractivity (Wildman–Crippen MR) is 120 cm³/mol. The molecule has 4 rings (SSSR count). The lowest BCUT2D eigenvalue weighted by Gasteiger charge is -2.35.